The molecule has 0 unspecified atom stereocenters. The van der Waals surface area contributed by atoms with Crippen molar-refractivity contribution in [2.75, 3.05) is 0 Å². The second-order valence-corrected chi connectivity index (χ2v) is 3.20. The molecule has 1 radical (unpaired) electrons. The Kier molecular flexibility index (Phi) is 2.64. The molecule has 0 atom stereocenters. The third-order valence-corrected chi connectivity index (χ3v) is 1.74. The summed E-state index contributed by atoms with van der Waals surface area (Å²) in [5, 5.41) is 1.74. The van der Waals surface area contributed by atoms with E-state index in [9.17, 15) is 0 Å². The van der Waals surface area contributed by atoms with Crippen molar-refractivity contribution in [2.24, 2.45) is 0 Å². The van der Waals surface area contributed by atoms with Crippen LogP contribution in [0.5, 0.6) is 0 Å². The monoisotopic (exact) mass is 171 g/mol. The van der Waals surface area contributed by atoms with Crippen LogP contribution in [0.3, 0.4) is 0 Å². The molecular formula is C8H8ClS. The molecule has 0 bridgehead atoms. The van der Waals surface area contributed by atoms with Gasteiger partial charge in [-0.2, -0.15) is 12.6 Å². The predicted octanol–water partition coefficient (Wildman–Crippen LogP) is 3.17. The largest absolute Gasteiger partial charge is 0.166 e. The number of benzene rings is 1. The van der Waals surface area contributed by atoms with Crippen LogP contribution in [0, 0.1) is 5.25 Å². The minimum atomic E-state index is 0.755. The molecule has 0 aliphatic heterocycles. The summed E-state index contributed by atoms with van der Waals surface area (Å²) in [6.45, 7) is 1.94. The Morgan fingerprint density at radius 3 is 2.60 bits per heavy atom. The average molecular weight is 172 g/mol. The lowest BCUT2D eigenvalue weighted by Gasteiger charge is -2.01. The highest BCUT2D eigenvalue weighted by atomic mass is 35.5. The summed E-state index contributed by atoms with van der Waals surface area (Å²) in [7, 11) is 0. The van der Waals surface area contributed by atoms with Crippen molar-refractivity contribution in [3.05, 3.63) is 40.1 Å². The molecule has 2 heteroatoms. The maximum Gasteiger partial charge on any atom is 0.0532 e. The zero-order valence-electron chi connectivity index (χ0n) is 5.63. The zero-order chi connectivity index (χ0) is 7.56. The third-order valence-electron chi connectivity index (χ3n) is 1.24. The van der Waals surface area contributed by atoms with Crippen molar-refractivity contribution in [1.29, 1.82) is 0 Å². The van der Waals surface area contributed by atoms with Crippen LogP contribution in [0.25, 0.3) is 0 Å². The third kappa shape index (κ3) is 1.93. The summed E-state index contributed by atoms with van der Waals surface area (Å²) >= 11 is 9.93. The normalized spacial score (nSPS) is 10.4. The van der Waals surface area contributed by atoms with E-state index in [0.29, 0.717) is 0 Å². The Hall–Kier alpha value is -0.140. The van der Waals surface area contributed by atoms with E-state index < -0.39 is 0 Å². The van der Waals surface area contributed by atoms with Gasteiger partial charge in [0.1, 0.15) is 0 Å². The molecule has 0 fully saturated rings. The van der Waals surface area contributed by atoms with Gasteiger partial charge in [0.05, 0.1) is 5.25 Å². The second kappa shape index (κ2) is 3.31. The Morgan fingerprint density at radius 1 is 1.50 bits per heavy atom. The van der Waals surface area contributed by atoms with Gasteiger partial charge in [0.2, 0.25) is 0 Å². The summed E-state index contributed by atoms with van der Waals surface area (Å²) in [5.41, 5.74) is 1.08. The molecule has 0 amide bonds. The van der Waals surface area contributed by atoms with Gasteiger partial charge < -0.3 is 0 Å². The Labute approximate surface area is 71.6 Å². The van der Waals surface area contributed by atoms with Crippen LogP contribution in [0.4, 0.5) is 0 Å². The highest BCUT2D eigenvalue weighted by molar-refractivity contribution is 7.83. The summed E-state index contributed by atoms with van der Waals surface area (Å²) in [5.74, 6) is 0. The molecule has 53 valence electrons. The van der Waals surface area contributed by atoms with Gasteiger partial charge in [0.25, 0.3) is 0 Å². The van der Waals surface area contributed by atoms with Crippen molar-refractivity contribution in [2.45, 2.75) is 6.92 Å². The van der Waals surface area contributed by atoms with Crippen molar-refractivity contribution in [1.82, 2.24) is 0 Å². The maximum absolute atomic E-state index is 5.74. The highest BCUT2D eigenvalue weighted by Crippen LogP contribution is 2.20. The van der Waals surface area contributed by atoms with Crippen LogP contribution in [0.2, 0.25) is 5.02 Å². The summed E-state index contributed by atoms with van der Waals surface area (Å²) in [4.78, 5) is 0. The summed E-state index contributed by atoms with van der Waals surface area (Å²) in [6, 6.07) is 7.64. The van der Waals surface area contributed by atoms with Crippen molar-refractivity contribution < 1.29 is 0 Å². The van der Waals surface area contributed by atoms with Crippen molar-refractivity contribution >= 4 is 24.2 Å². The summed E-state index contributed by atoms with van der Waals surface area (Å²) in [6.07, 6.45) is 0. The number of halogens is 1. The first-order chi connectivity index (χ1) is 4.70. The van der Waals surface area contributed by atoms with Crippen LogP contribution in [0.15, 0.2) is 24.3 Å². The standard InChI is InChI=1S/C8H8ClS/c1-6(10)7-3-2-4-8(9)5-7/h2-5,10H,1H3. The maximum atomic E-state index is 5.74. The molecule has 1 aromatic carbocycles. The van der Waals surface area contributed by atoms with Gasteiger partial charge in [-0.1, -0.05) is 23.7 Å². The van der Waals surface area contributed by atoms with Gasteiger partial charge in [-0.3, -0.25) is 0 Å². The van der Waals surface area contributed by atoms with Gasteiger partial charge in [0, 0.05) is 5.02 Å². The molecule has 1 rings (SSSR count). The molecule has 0 aliphatic rings. The Morgan fingerprint density at radius 2 is 2.20 bits per heavy atom. The predicted molar refractivity (Wildman–Crippen MR) is 48.5 cm³/mol. The molecule has 0 aromatic heterocycles. The van der Waals surface area contributed by atoms with E-state index in [1.165, 1.54) is 0 Å². The van der Waals surface area contributed by atoms with Gasteiger partial charge in [0.15, 0.2) is 0 Å². The molecule has 0 saturated carbocycles. The fourth-order valence-corrected chi connectivity index (χ4v) is 1.04. The molecule has 0 spiro atoms. The quantitative estimate of drug-likeness (QED) is 0.617. The highest BCUT2D eigenvalue weighted by Gasteiger charge is 1.98. The van der Waals surface area contributed by atoms with Crippen molar-refractivity contribution in [3.8, 4) is 0 Å². The molecule has 1 aromatic rings. The van der Waals surface area contributed by atoms with E-state index in [1.807, 2.05) is 31.2 Å². The van der Waals surface area contributed by atoms with E-state index in [1.54, 1.807) is 0 Å². The first-order valence-corrected chi connectivity index (χ1v) is 3.81. The lowest BCUT2D eigenvalue weighted by Crippen LogP contribution is -1.82. The Balaban J connectivity index is 2.96. The van der Waals surface area contributed by atoms with Gasteiger partial charge in [-0.15, -0.1) is 0 Å². The van der Waals surface area contributed by atoms with E-state index in [-0.39, 0.29) is 0 Å². The fourth-order valence-electron chi connectivity index (χ4n) is 0.714. The summed E-state index contributed by atoms with van der Waals surface area (Å²) < 4.78 is 0. The van der Waals surface area contributed by atoms with Gasteiger partial charge in [-0.25, -0.2) is 0 Å². The lowest BCUT2D eigenvalue weighted by atomic mass is 10.2. The zero-order valence-corrected chi connectivity index (χ0v) is 7.28. The van der Waals surface area contributed by atoms with E-state index in [0.717, 1.165) is 15.8 Å². The SMILES string of the molecule is C[C](S)c1cccc(Cl)c1. The molecule has 0 N–H and O–H groups in total. The van der Waals surface area contributed by atoms with Crippen molar-refractivity contribution in [3.63, 3.8) is 0 Å². The average Bonchev–Trinajstić information content (AvgIpc) is 1.88. The van der Waals surface area contributed by atoms with Gasteiger partial charge in [-0.05, 0) is 24.6 Å². The topological polar surface area (TPSA) is 0 Å². The van der Waals surface area contributed by atoms with Crippen LogP contribution >= 0.6 is 24.2 Å². The van der Waals surface area contributed by atoms with Crippen LogP contribution < -0.4 is 0 Å². The lowest BCUT2D eigenvalue weighted by molar-refractivity contribution is 1.38. The fraction of sp³-hybridized carbons (Fsp3) is 0.125. The minimum absolute atomic E-state index is 0.755. The molecule has 0 heterocycles. The molecular weight excluding hydrogens is 164 g/mol. The Bertz CT molecular complexity index is 220. The van der Waals surface area contributed by atoms with Gasteiger partial charge >= 0.3 is 0 Å². The molecule has 10 heavy (non-hydrogen) atoms. The smallest absolute Gasteiger partial charge is 0.0532 e. The minimum Gasteiger partial charge on any atom is -0.166 e. The van der Waals surface area contributed by atoms with E-state index in [2.05, 4.69) is 12.6 Å². The number of hydrogen-bond acceptors (Lipinski definition) is 1. The molecule has 0 aliphatic carbocycles. The second-order valence-electron chi connectivity index (χ2n) is 2.10. The van der Waals surface area contributed by atoms with E-state index in [4.69, 9.17) is 11.6 Å². The molecule has 0 saturated heterocycles. The van der Waals surface area contributed by atoms with Crippen LogP contribution in [-0.4, -0.2) is 0 Å². The number of thiol groups is 1. The molecule has 0 nitrogen and oxygen atoms in total. The number of rotatable bonds is 1. The van der Waals surface area contributed by atoms with Crippen LogP contribution in [0.1, 0.15) is 12.5 Å². The first kappa shape index (κ1) is 7.96. The number of hydrogen-bond donors (Lipinski definition) is 1. The van der Waals surface area contributed by atoms with E-state index >= 15 is 0 Å². The first-order valence-electron chi connectivity index (χ1n) is 2.98. The van der Waals surface area contributed by atoms with Crippen LogP contribution in [-0.2, 0) is 0 Å².